The number of ether oxygens (including phenoxy) is 1. The normalized spacial score (nSPS) is 12.7. The molecule has 0 saturated carbocycles. The molecule has 0 radical (unpaired) electrons. The second kappa shape index (κ2) is 10.3. The van der Waals surface area contributed by atoms with E-state index in [2.05, 4.69) is 5.32 Å². The van der Waals surface area contributed by atoms with Crippen LogP contribution >= 0.6 is 11.6 Å². The van der Waals surface area contributed by atoms with Crippen molar-refractivity contribution in [3.8, 4) is 11.4 Å². The van der Waals surface area contributed by atoms with Crippen molar-refractivity contribution in [3.05, 3.63) is 80.5 Å². The zero-order valence-electron chi connectivity index (χ0n) is 19.3. The average molecular weight is 499 g/mol. The van der Waals surface area contributed by atoms with Gasteiger partial charge in [0.05, 0.1) is 24.5 Å². The number of hydrogen-bond acceptors (Lipinski definition) is 5. The van der Waals surface area contributed by atoms with Gasteiger partial charge in [0.25, 0.3) is 5.56 Å². The predicted molar refractivity (Wildman–Crippen MR) is 130 cm³/mol. The molecule has 10 heteroatoms. The molecule has 2 heterocycles. The summed E-state index contributed by atoms with van der Waals surface area (Å²) in [5.41, 5.74) is 2.14. The maximum absolute atomic E-state index is 14.2. The van der Waals surface area contributed by atoms with Crippen molar-refractivity contribution < 1.29 is 18.7 Å². The van der Waals surface area contributed by atoms with Crippen LogP contribution in [-0.2, 0) is 29.0 Å². The van der Waals surface area contributed by atoms with E-state index in [1.807, 2.05) is 31.2 Å². The number of aryl methyl sites for hydroxylation is 1. The van der Waals surface area contributed by atoms with Gasteiger partial charge in [-0.2, -0.15) is 0 Å². The summed E-state index contributed by atoms with van der Waals surface area (Å²) in [6.45, 7) is 3.97. The van der Waals surface area contributed by atoms with E-state index in [4.69, 9.17) is 21.3 Å². The lowest BCUT2D eigenvalue weighted by atomic mass is 10.1. The molecule has 182 valence electrons. The van der Waals surface area contributed by atoms with Crippen LogP contribution < -0.4 is 10.9 Å². The largest absolute Gasteiger partial charge is 0.450 e. The molecule has 0 atom stereocenters. The fraction of sp³-hybridized carbons (Fsp3) is 0.280. The second-order valence-corrected chi connectivity index (χ2v) is 8.60. The van der Waals surface area contributed by atoms with Gasteiger partial charge in [-0.05, 0) is 38.5 Å². The zero-order chi connectivity index (χ0) is 25.1. The number of amides is 2. The van der Waals surface area contributed by atoms with Gasteiger partial charge in [0.15, 0.2) is 0 Å². The Morgan fingerprint density at radius 1 is 1.20 bits per heavy atom. The average Bonchev–Trinajstić information content (AvgIpc) is 2.83. The summed E-state index contributed by atoms with van der Waals surface area (Å²) in [6, 6.07) is 11.3. The standard InChI is InChI=1S/C25H24ClFN4O4/c1-3-35-25(34)30-11-10-18-21(13-30)29-23(16-6-4-15(2)5-7-16)31(24(18)33)14-22(32)28-20-9-8-17(26)12-19(20)27/h4-9,12H,3,10-11,13-14H2,1-2H3,(H,28,32). The van der Waals surface area contributed by atoms with Gasteiger partial charge in [0.2, 0.25) is 5.91 Å². The lowest BCUT2D eigenvalue weighted by Crippen LogP contribution is -2.42. The van der Waals surface area contributed by atoms with E-state index in [1.54, 1.807) is 6.92 Å². The number of carbonyl (C=O) groups excluding carboxylic acids is 2. The molecule has 0 saturated heterocycles. The van der Waals surface area contributed by atoms with Crippen molar-refractivity contribution in [1.82, 2.24) is 14.5 Å². The number of fused-ring (bicyclic) bond motifs is 1. The number of nitrogens with zero attached hydrogens (tertiary/aromatic N) is 3. The number of halogens is 2. The van der Waals surface area contributed by atoms with Gasteiger partial charge in [0.1, 0.15) is 18.2 Å². The Morgan fingerprint density at radius 2 is 1.94 bits per heavy atom. The maximum atomic E-state index is 14.2. The SMILES string of the molecule is CCOC(=O)N1CCc2c(nc(-c3ccc(C)cc3)n(CC(=O)Nc3ccc(Cl)cc3F)c2=O)C1. The minimum Gasteiger partial charge on any atom is -0.450 e. The third kappa shape index (κ3) is 5.35. The van der Waals surface area contributed by atoms with E-state index in [1.165, 1.54) is 21.6 Å². The van der Waals surface area contributed by atoms with Gasteiger partial charge in [-0.3, -0.25) is 14.2 Å². The van der Waals surface area contributed by atoms with Crippen molar-refractivity contribution in [1.29, 1.82) is 0 Å². The summed E-state index contributed by atoms with van der Waals surface area (Å²) in [5.74, 6) is -0.988. The Bertz CT molecular complexity index is 1340. The molecule has 1 N–H and O–H groups in total. The van der Waals surface area contributed by atoms with Crippen LogP contribution in [0.15, 0.2) is 47.3 Å². The van der Waals surface area contributed by atoms with Gasteiger partial charge < -0.3 is 15.0 Å². The van der Waals surface area contributed by atoms with Crippen LogP contribution in [0.5, 0.6) is 0 Å². The number of carbonyl (C=O) groups is 2. The summed E-state index contributed by atoms with van der Waals surface area (Å²) in [6.07, 6.45) is -0.188. The predicted octanol–water partition coefficient (Wildman–Crippen LogP) is 4.16. The van der Waals surface area contributed by atoms with E-state index in [0.29, 0.717) is 23.4 Å². The van der Waals surface area contributed by atoms with Gasteiger partial charge in [-0.15, -0.1) is 0 Å². The van der Waals surface area contributed by atoms with Crippen LogP contribution in [0.4, 0.5) is 14.9 Å². The van der Waals surface area contributed by atoms with Crippen LogP contribution in [0, 0.1) is 12.7 Å². The Morgan fingerprint density at radius 3 is 2.63 bits per heavy atom. The molecule has 1 aliphatic rings. The molecule has 4 rings (SSSR count). The highest BCUT2D eigenvalue weighted by atomic mass is 35.5. The summed E-state index contributed by atoms with van der Waals surface area (Å²) >= 11 is 5.78. The van der Waals surface area contributed by atoms with E-state index in [-0.39, 0.29) is 48.2 Å². The van der Waals surface area contributed by atoms with Crippen molar-refractivity contribution in [3.63, 3.8) is 0 Å². The molecule has 0 fully saturated rings. The number of anilines is 1. The molecular formula is C25H24ClFN4O4. The first kappa shape index (κ1) is 24.4. The first-order valence-electron chi connectivity index (χ1n) is 11.1. The molecule has 1 aromatic heterocycles. The van der Waals surface area contributed by atoms with Crippen molar-refractivity contribution >= 4 is 29.3 Å². The molecule has 0 aliphatic carbocycles. The Labute approximate surface area is 206 Å². The molecule has 8 nitrogen and oxygen atoms in total. The number of nitrogens with one attached hydrogen (secondary N) is 1. The summed E-state index contributed by atoms with van der Waals surface area (Å²) in [7, 11) is 0. The first-order chi connectivity index (χ1) is 16.8. The van der Waals surface area contributed by atoms with Crippen molar-refractivity contribution in [2.45, 2.75) is 33.4 Å². The number of rotatable bonds is 5. The smallest absolute Gasteiger partial charge is 0.410 e. The fourth-order valence-corrected chi connectivity index (χ4v) is 4.05. The number of aromatic nitrogens is 2. The molecule has 3 aromatic rings. The fourth-order valence-electron chi connectivity index (χ4n) is 3.89. The number of hydrogen-bond donors (Lipinski definition) is 1. The van der Waals surface area contributed by atoms with E-state index >= 15 is 0 Å². The molecular weight excluding hydrogens is 475 g/mol. The molecule has 1 aliphatic heterocycles. The van der Waals surface area contributed by atoms with Gasteiger partial charge in [-0.25, -0.2) is 14.2 Å². The number of benzene rings is 2. The monoisotopic (exact) mass is 498 g/mol. The van der Waals surface area contributed by atoms with Gasteiger partial charge >= 0.3 is 6.09 Å². The zero-order valence-corrected chi connectivity index (χ0v) is 20.1. The van der Waals surface area contributed by atoms with E-state index in [9.17, 15) is 18.8 Å². The lowest BCUT2D eigenvalue weighted by Gasteiger charge is -2.28. The Balaban J connectivity index is 1.71. The maximum Gasteiger partial charge on any atom is 0.410 e. The van der Waals surface area contributed by atoms with Crippen molar-refractivity contribution in [2.24, 2.45) is 0 Å². The van der Waals surface area contributed by atoms with Crippen LogP contribution in [0.2, 0.25) is 5.02 Å². The molecule has 0 spiro atoms. The first-order valence-corrected chi connectivity index (χ1v) is 11.5. The highest BCUT2D eigenvalue weighted by molar-refractivity contribution is 6.30. The molecule has 0 bridgehead atoms. The highest BCUT2D eigenvalue weighted by Gasteiger charge is 2.27. The second-order valence-electron chi connectivity index (χ2n) is 8.16. The Hall–Kier alpha value is -3.72. The third-order valence-corrected chi connectivity index (χ3v) is 5.90. The minimum absolute atomic E-state index is 0.0414. The van der Waals surface area contributed by atoms with E-state index in [0.717, 1.165) is 11.6 Å². The highest BCUT2D eigenvalue weighted by Crippen LogP contribution is 2.23. The topological polar surface area (TPSA) is 93.5 Å². The molecule has 35 heavy (non-hydrogen) atoms. The quantitative estimate of drug-likeness (QED) is 0.570. The van der Waals surface area contributed by atoms with Crippen LogP contribution in [-0.4, -0.2) is 39.6 Å². The summed E-state index contributed by atoms with van der Waals surface area (Å²) in [5, 5.41) is 2.69. The Kier molecular flexibility index (Phi) is 7.16. The lowest BCUT2D eigenvalue weighted by molar-refractivity contribution is -0.116. The van der Waals surface area contributed by atoms with E-state index < -0.39 is 17.8 Å². The van der Waals surface area contributed by atoms with Gasteiger partial charge in [-0.1, -0.05) is 41.4 Å². The van der Waals surface area contributed by atoms with Crippen LogP contribution in [0.1, 0.15) is 23.7 Å². The van der Waals surface area contributed by atoms with Crippen LogP contribution in [0.25, 0.3) is 11.4 Å². The summed E-state index contributed by atoms with van der Waals surface area (Å²) < 4.78 is 20.5. The minimum atomic E-state index is -0.681. The molecule has 2 amide bonds. The third-order valence-electron chi connectivity index (χ3n) is 5.66. The van der Waals surface area contributed by atoms with Crippen LogP contribution in [0.3, 0.4) is 0 Å². The van der Waals surface area contributed by atoms with Gasteiger partial charge in [0, 0.05) is 22.7 Å². The molecule has 2 aromatic carbocycles. The molecule has 0 unspecified atom stereocenters. The summed E-state index contributed by atoms with van der Waals surface area (Å²) in [4.78, 5) is 44.7. The van der Waals surface area contributed by atoms with Crippen molar-refractivity contribution in [2.75, 3.05) is 18.5 Å².